The van der Waals surface area contributed by atoms with Gasteiger partial charge >= 0.3 is 11.7 Å². The molecule has 1 aliphatic rings. The van der Waals surface area contributed by atoms with E-state index in [1.807, 2.05) is 0 Å². The summed E-state index contributed by atoms with van der Waals surface area (Å²) < 4.78 is 10.2. The number of rotatable bonds is 7. The van der Waals surface area contributed by atoms with Crippen molar-refractivity contribution in [3.63, 3.8) is 0 Å². The zero-order valence-corrected chi connectivity index (χ0v) is 17.0. The van der Waals surface area contributed by atoms with Crippen LogP contribution in [0, 0.1) is 10.1 Å². The highest BCUT2D eigenvalue weighted by molar-refractivity contribution is 8.18. The highest BCUT2D eigenvalue weighted by atomic mass is 32.2. The molecule has 1 atom stereocenters. The molecular formula is C20H17N3O7S. The number of benzene rings is 2. The molecule has 1 unspecified atom stereocenters. The van der Waals surface area contributed by atoms with Crippen molar-refractivity contribution in [1.29, 1.82) is 0 Å². The standard InChI is InChI=1S/C20H17N3O7S/c1-29-19(25)14(21)8-11-2-5-13(6-3-11)30-16-7-4-12(9-15(16)23(27)28)10-17-18(24)22-20(26)31-17/h2-7,9-10,14H,8,21H2,1H3,(H,22,24,26)/b17-10+. The first kappa shape index (κ1) is 22.0. The van der Waals surface area contributed by atoms with Crippen molar-refractivity contribution >= 4 is 40.6 Å². The van der Waals surface area contributed by atoms with Gasteiger partial charge in [-0.05, 0) is 53.6 Å². The van der Waals surface area contributed by atoms with Gasteiger partial charge in [0.15, 0.2) is 0 Å². The number of amides is 2. The highest BCUT2D eigenvalue weighted by Gasteiger charge is 2.25. The van der Waals surface area contributed by atoms with Crippen molar-refractivity contribution in [3.05, 3.63) is 68.6 Å². The Hall–Kier alpha value is -3.70. The Morgan fingerprint density at radius 3 is 2.55 bits per heavy atom. The SMILES string of the molecule is COC(=O)C(N)Cc1ccc(Oc2ccc(/C=C3/SC(=O)NC3=O)cc2[N+](=O)[O-])cc1. The molecule has 1 fully saturated rings. The quantitative estimate of drug-likeness (QED) is 0.285. The monoisotopic (exact) mass is 443 g/mol. The van der Waals surface area contributed by atoms with E-state index in [1.54, 1.807) is 24.3 Å². The van der Waals surface area contributed by atoms with Gasteiger partial charge in [-0.1, -0.05) is 18.2 Å². The lowest BCUT2D eigenvalue weighted by Crippen LogP contribution is -2.33. The molecule has 1 heterocycles. The molecule has 2 amide bonds. The van der Waals surface area contributed by atoms with E-state index in [-0.39, 0.29) is 22.8 Å². The van der Waals surface area contributed by atoms with E-state index >= 15 is 0 Å². The second-order valence-electron chi connectivity index (χ2n) is 6.42. The lowest BCUT2D eigenvalue weighted by atomic mass is 10.1. The van der Waals surface area contributed by atoms with E-state index in [4.69, 9.17) is 10.5 Å². The minimum atomic E-state index is -0.796. The summed E-state index contributed by atoms with van der Waals surface area (Å²) in [6.45, 7) is 0. The number of hydrogen-bond donors (Lipinski definition) is 2. The highest BCUT2D eigenvalue weighted by Crippen LogP contribution is 2.34. The molecule has 160 valence electrons. The van der Waals surface area contributed by atoms with Crippen LogP contribution in [0.1, 0.15) is 11.1 Å². The lowest BCUT2D eigenvalue weighted by molar-refractivity contribution is -0.385. The number of methoxy groups -OCH3 is 1. The average molecular weight is 443 g/mol. The van der Waals surface area contributed by atoms with Gasteiger partial charge < -0.3 is 15.2 Å². The fraction of sp³-hybridized carbons (Fsp3) is 0.150. The Labute approximate surface area is 180 Å². The molecule has 1 aliphatic heterocycles. The topological polar surface area (TPSA) is 151 Å². The number of imide groups is 1. The summed E-state index contributed by atoms with van der Waals surface area (Å²) in [5.41, 5.74) is 6.57. The van der Waals surface area contributed by atoms with E-state index in [1.165, 1.54) is 31.4 Å². The van der Waals surface area contributed by atoms with Crippen LogP contribution in [0.15, 0.2) is 47.4 Å². The molecule has 0 aromatic heterocycles. The summed E-state index contributed by atoms with van der Waals surface area (Å²) in [6.07, 6.45) is 1.66. The second kappa shape index (κ2) is 9.41. The summed E-state index contributed by atoms with van der Waals surface area (Å²) >= 11 is 0.721. The molecule has 2 aromatic rings. The van der Waals surface area contributed by atoms with Gasteiger partial charge in [-0.15, -0.1) is 0 Å². The van der Waals surface area contributed by atoms with E-state index in [2.05, 4.69) is 10.1 Å². The average Bonchev–Trinajstić information content (AvgIpc) is 3.06. The number of nitrogens with one attached hydrogen (secondary N) is 1. The second-order valence-corrected chi connectivity index (χ2v) is 7.43. The zero-order valence-electron chi connectivity index (χ0n) is 16.2. The third-order valence-electron chi connectivity index (χ3n) is 4.23. The van der Waals surface area contributed by atoms with E-state index in [9.17, 15) is 24.5 Å². The third-order valence-corrected chi connectivity index (χ3v) is 5.04. The Bertz CT molecular complexity index is 1080. The van der Waals surface area contributed by atoms with Gasteiger partial charge in [0, 0.05) is 6.07 Å². The molecule has 1 saturated heterocycles. The van der Waals surface area contributed by atoms with Crippen LogP contribution in [0.25, 0.3) is 6.08 Å². The first-order valence-electron chi connectivity index (χ1n) is 8.90. The predicted octanol–water partition coefficient (Wildman–Crippen LogP) is 2.75. The largest absolute Gasteiger partial charge is 0.468 e. The lowest BCUT2D eigenvalue weighted by Gasteiger charge is -2.10. The molecule has 0 spiro atoms. The van der Waals surface area contributed by atoms with Crippen molar-refractivity contribution in [2.75, 3.05) is 7.11 Å². The van der Waals surface area contributed by atoms with Crippen LogP contribution in [0.4, 0.5) is 10.5 Å². The summed E-state index contributed by atoms with van der Waals surface area (Å²) in [4.78, 5) is 45.4. The Balaban J connectivity index is 1.77. The van der Waals surface area contributed by atoms with Crippen LogP contribution in [0.2, 0.25) is 0 Å². The van der Waals surface area contributed by atoms with Gasteiger partial charge in [0.05, 0.1) is 16.9 Å². The molecule has 31 heavy (non-hydrogen) atoms. The van der Waals surface area contributed by atoms with Crippen molar-refractivity contribution < 1.29 is 28.8 Å². The first-order chi connectivity index (χ1) is 14.8. The first-order valence-corrected chi connectivity index (χ1v) is 9.72. The number of carbonyl (C=O) groups excluding carboxylic acids is 3. The minimum absolute atomic E-state index is 0.00534. The van der Waals surface area contributed by atoms with Crippen LogP contribution >= 0.6 is 11.8 Å². The Morgan fingerprint density at radius 2 is 1.97 bits per heavy atom. The van der Waals surface area contributed by atoms with Crippen LogP contribution in [-0.2, 0) is 20.7 Å². The molecule has 11 heteroatoms. The van der Waals surface area contributed by atoms with Crippen molar-refractivity contribution in [2.24, 2.45) is 5.73 Å². The molecule has 0 bridgehead atoms. The van der Waals surface area contributed by atoms with Crippen LogP contribution in [0.5, 0.6) is 11.5 Å². The number of nitrogens with two attached hydrogens (primary N) is 1. The smallest absolute Gasteiger partial charge is 0.322 e. The van der Waals surface area contributed by atoms with Gasteiger partial charge in [-0.2, -0.15) is 0 Å². The molecular weight excluding hydrogens is 426 g/mol. The molecule has 0 radical (unpaired) electrons. The maximum atomic E-state index is 11.7. The molecule has 3 rings (SSSR count). The summed E-state index contributed by atoms with van der Waals surface area (Å²) in [6, 6.07) is 9.98. The number of nitrogens with zero attached hydrogens (tertiary/aromatic N) is 1. The summed E-state index contributed by atoms with van der Waals surface area (Å²) in [7, 11) is 1.26. The van der Waals surface area contributed by atoms with Crippen LogP contribution in [0.3, 0.4) is 0 Å². The number of thioether (sulfide) groups is 1. The number of ether oxygens (including phenoxy) is 2. The van der Waals surface area contributed by atoms with Crippen LogP contribution < -0.4 is 15.8 Å². The fourth-order valence-corrected chi connectivity index (χ4v) is 3.42. The van der Waals surface area contributed by atoms with E-state index < -0.39 is 28.1 Å². The summed E-state index contributed by atoms with van der Waals surface area (Å²) in [5, 5.41) is 13.1. The normalized spacial score (nSPS) is 15.5. The number of carbonyl (C=O) groups is 3. The molecule has 3 N–H and O–H groups in total. The fourth-order valence-electron chi connectivity index (χ4n) is 2.73. The number of nitro benzene ring substituents is 1. The molecule has 0 saturated carbocycles. The van der Waals surface area contributed by atoms with Gasteiger partial charge in [0.25, 0.3) is 11.1 Å². The summed E-state index contributed by atoms with van der Waals surface area (Å²) in [5.74, 6) is -0.722. The number of nitro groups is 1. The van der Waals surface area contributed by atoms with Crippen LogP contribution in [-0.4, -0.2) is 35.2 Å². The molecule has 10 nitrogen and oxygen atoms in total. The number of hydrogen-bond acceptors (Lipinski definition) is 9. The van der Waals surface area contributed by atoms with Crippen molar-refractivity contribution in [2.45, 2.75) is 12.5 Å². The Morgan fingerprint density at radius 1 is 1.26 bits per heavy atom. The maximum absolute atomic E-state index is 11.7. The number of esters is 1. The van der Waals surface area contributed by atoms with E-state index in [0.717, 1.165) is 17.3 Å². The van der Waals surface area contributed by atoms with E-state index in [0.29, 0.717) is 11.3 Å². The van der Waals surface area contributed by atoms with Gasteiger partial charge in [-0.3, -0.25) is 29.8 Å². The predicted molar refractivity (Wildman–Crippen MR) is 112 cm³/mol. The molecule has 2 aromatic carbocycles. The molecule has 0 aliphatic carbocycles. The van der Waals surface area contributed by atoms with Crippen molar-refractivity contribution in [3.8, 4) is 11.5 Å². The van der Waals surface area contributed by atoms with Gasteiger partial charge in [0.2, 0.25) is 5.75 Å². The third kappa shape index (κ3) is 5.47. The Kier molecular flexibility index (Phi) is 6.68. The minimum Gasteiger partial charge on any atom is -0.468 e. The van der Waals surface area contributed by atoms with Crippen molar-refractivity contribution in [1.82, 2.24) is 5.32 Å². The van der Waals surface area contributed by atoms with Gasteiger partial charge in [-0.25, -0.2) is 0 Å². The zero-order chi connectivity index (χ0) is 22.5. The maximum Gasteiger partial charge on any atom is 0.322 e. The van der Waals surface area contributed by atoms with Gasteiger partial charge in [0.1, 0.15) is 11.8 Å².